The van der Waals surface area contributed by atoms with E-state index in [1.54, 1.807) is 0 Å². The van der Waals surface area contributed by atoms with Crippen LogP contribution < -0.4 is 4.72 Å². The van der Waals surface area contributed by atoms with E-state index in [1.807, 2.05) is 0 Å². The number of rotatable bonds is 5. The Morgan fingerprint density at radius 2 is 2.21 bits per heavy atom. The SMILES string of the molecule is COC1(CNS(=O)(=O)c2ccccc2F)CCOC1. The fraction of sp³-hybridized carbons (Fsp3) is 0.500. The topological polar surface area (TPSA) is 64.6 Å². The maximum Gasteiger partial charge on any atom is 0.243 e. The van der Waals surface area contributed by atoms with E-state index in [-0.39, 0.29) is 11.4 Å². The van der Waals surface area contributed by atoms with Crippen molar-refractivity contribution in [3.05, 3.63) is 30.1 Å². The van der Waals surface area contributed by atoms with E-state index in [4.69, 9.17) is 9.47 Å². The fourth-order valence-electron chi connectivity index (χ4n) is 1.93. The third-order valence-electron chi connectivity index (χ3n) is 3.21. The third-order valence-corrected chi connectivity index (χ3v) is 4.65. The first-order valence-electron chi connectivity index (χ1n) is 5.86. The van der Waals surface area contributed by atoms with Gasteiger partial charge in [0, 0.05) is 26.7 Å². The van der Waals surface area contributed by atoms with Crippen LogP contribution in [0.2, 0.25) is 0 Å². The molecule has 0 amide bonds. The number of hydrogen-bond donors (Lipinski definition) is 1. The highest BCUT2D eigenvalue weighted by Crippen LogP contribution is 2.22. The molecule has 1 aliphatic heterocycles. The van der Waals surface area contributed by atoms with Crippen molar-refractivity contribution in [3.63, 3.8) is 0 Å². The van der Waals surface area contributed by atoms with E-state index in [0.717, 1.165) is 6.07 Å². The van der Waals surface area contributed by atoms with Crippen molar-refractivity contribution >= 4 is 10.0 Å². The first-order chi connectivity index (χ1) is 8.99. The maximum atomic E-state index is 13.5. The highest BCUT2D eigenvalue weighted by atomic mass is 32.2. The van der Waals surface area contributed by atoms with E-state index >= 15 is 0 Å². The van der Waals surface area contributed by atoms with Gasteiger partial charge >= 0.3 is 0 Å². The summed E-state index contributed by atoms with van der Waals surface area (Å²) in [6.45, 7) is 0.902. The van der Waals surface area contributed by atoms with Crippen LogP contribution in [0.15, 0.2) is 29.2 Å². The molecule has 1 aromatic rings. The van der Waals surface area contributed by atoms with Gasteiger partial charge in [0.05, 0.1) is 6.61 Å². The van der Waals surface area contributed by atoms with Crippen LogP contribution in [0.25, 0.3) is 0 Å². The number of benzene rings is 1. The first kappa shape index (κ1) is 14.4. The van der Waals surface area contributed by atoms with Crippen molar-refractivity contribution < 1.29 is 22.3 Å². The maximum absolute atomic E-state index is 13.5. The minimum absolute atomic E-state index is 0.0557. The smallest absolute Gasteiger partial charge is 0.243 e. The molecular formula is C12H16FNO4S. The number of ether oxygens (including phenoxy) is 2. The Morgan fingerprint density at radius 1 is 1.47 bits per heavy atom. The molecule has 1 aromatic carbocycles. The van der Waals surface area contributed by atoms with Crippen LogP contribution in [-0.4, -0.2) is 40.9 Å². The van der Waals surface area contributed by atoms with E-state index < -0.39 is 21.4 Å². The van der Waals surface area contributed by atoms with Crippen molar-refractivity contribution in [1.29, 1.82) is 0 Å². The van der Waals surface area contributed by atoms with Gasteiger partial charge in [0.2, 0.25) is 10.0 Å². The molecule has 1 aliphatic rings. The van der Waals surface area contributed by atoms with Gasteiger partial charge in [-0.15, -0.1) is 0 Å². The largest absolute Gasteiger partial charge is 0.378 e. The lowest BCUT2D eigenvalue weighted by molar-refractivity contribution is -0.0120. The molecule has 106 valence electrons. The van der Waals surface area contributed by atoms with Gasteiger partial charge in [0.15, 0.2) is 0 Å². The molecule has 5 nitrogen and oxygen atoms in total. The summed E-state index contributed by atoms with van der Waals surface area (Å²) in [6.07, 6.45) is 0.600. The lowest BCUT2D eigenvalue weighted by atomic mass is 10.0. The Kier molecular flexibility index (Phi) is 4.19. The van der Waals surface area contributed by atoms with Crippen molar-refractivity contribution in [1.82, 2.24) is 4.72 Å². The van der Waals surface area contributed by atoms with Crippen LogP contribution in [0.5, 0.6) is 0 Å². The van der Waals surface area contributed by atoms with E-state index in [2.05, 4.69) is 4.72 Å². The van der Waals surface area contributed by atoms with E-state index in [0.29, 0.717) is 19.6 Å². The molecule has 1 fully saturated rings. The van der Waals surface area contributed by atoms with Crippen molar-refractivity contribution in [2.75, 3.05) is 26.9 Å². The van der Waals surface area contributed by atoms with Gasteiger partial charge in [-0.1, -0.05) is 12.1 Å². The van der Waals surface area contributed by atoms with Gasteiger partial charge in [-0.2, -0.15) is 0 Å². The first-order valence-corrected chi connectivity index (χ1v) is 7.35. The molecule has 1 atom stereocenters. The molecule has 1 unspecified atom stereocenters. The zero-order valence-corrected chi connectivity index (χ0v) is 11.4. The summed E-state index contributed by atoms with van der Waals surface area (Å²) >= 11 is 0. The third kappa shape index (κ3) is 3.11. The Morgan fingerprint density at radius 3 is 2.79 bits per heavy atom. The molecule has 0 aliphatic carbocycles. The van der Waals surface area contributed by atoms with Gasteiger partial charge in [0.1, 0.15) is 16.3 Å². The molecule has 2 rings (SSSR count). The molecule has 1 saturated heterocycles. The van der Waals surface area contributed by atoms with Crippen LogP contribution in [0.4, 0.5) is 4.39 Å². The van der Waals surface area contributed by atoms with Crippen molar-refractivity contribution in [2.24, 2.45) is 0 Å². The Balaban J connectivity index is 2.12. The van der Waals surface area contributed by atoms with Crippen LogP contribution in [0, 0.1) is 5.82 Å². The molecule has 1 N–H and O–H groups in total. The molecule has 0 bridgehead atoms. The predicted octanol–water partition coefficient (Wildman–Crippen LogP) is 0.909. The number of nitrogens with one attached hydrogen (secondary N) is 1. The zero-order valence-electron chi connectivity index (χ0n) is 10.6. The second kappa shape index (κ2) is 5.54. The summed E-state index contributed by atoms with van der Waals surface area (Å²) in [7, 11) is -2.38. The Labute approximate surface area is 111 Å². The minimum Gasteiger partial charge on any atom is -0.378 e. The summed E-state index contributed by atoms with van der Waals surface area (Å²) in [6, 6.07) is 5.25. The van der Waals surface area contributed by atoms with Gasteiger partial charge in [-0.05, 0) is 12.1 Å². The van der Waals surface area contributed by atoms with Crippen LogP contribution in [0.3, 0.4) is 0 Å². The van der Waals surface area contributed by atoms with E-state index in [1.165, 1.54) is 25.3 Å². The predicted molar refractivity (Wildman–Crippen MR) is 66.8 cm³/mol. The molecular weight excluding hydrogens is 273 g/mol. The summed E-state index contributed by atoms with van der Waals surface area (Å²) < 4.78 is 50.4. The van der Waals surface area contributed by atoms with Crippen LogP contribution in [0.1, 0.15) is 6.42 Å². The molecule has 1 heterocycles. The highest BCUT2D eigenvalue weighted by Gasteiger charge is 2.36. The number of sulfonamides is 1. The van der Waals surface area contributed by atoms with E-state index in [9.17, 15) is 12.8 Å². The van der Waals surface area contributed by atoms with Gasteiger partial charge in [-0.25, -0.2) is 17.5 Å². The second-order valence-corrected chi connectivity index (χ2v) is 6.18. The summed E-state index contributed by atoms with van der Waals surface area (Å²) in [5, 5.41) is 0. The molecule has 7 heteroatoms. The number of methoxy groups -OCH3 is 1. The minimum atomic E-state index is -3.89. The average Bonchev–Trinajstić information content (AvgIpc) is 2.86. The molecule has 0 radical (unpaired) electrons. The number of hydrogen-bond acceptors (Lipinski definition) is 4. The highest BCUT2D eigenvalue weighted by molar-refractivity contribution is 7.89. The molecule has 19 heavy (non-hydrogen) atoms. The molecule has 0 saturated carbocycles. The molecule has 0 spiro atoms. The van der Waals surface area contributed by atoms with Gasteiger partial charge in [0.25, 0.3) is 0 Å². The van der Waals surface area contributed by atoms with Crippen LogP contribution >= 0.6 is 0 Å². The monoisotopic (exact) mass is 289 g/mol. The van der Waals surface area contributed by atoms with Crippen LogP contribution in [-0.2, 0) is 19.5 Å². The van der Waals surface area contributed by atoms with Gasteiger partial charge < -0.3 is 9.47 Å². The standard InChI is InChI=1S/C12H16FNO4S/c1-17-12(6-7-18-9-12)8-14-19(15,16)11-5-3-2-4-10(11)13/h2-5,14H,6-9H2,1H3. The fourth-order valence-corrected chi connectivity index (χ4v) is 3.12. The second-order valence-electron chi connectivity index (χ2n) is 4.44. The summed E-state index contributed by atoms with van der Waals surface area (Å²) in [5.74, 6) is -0.774. The lowest BCUT2D eigenvalue weighted by Crippen LogP contribution is -2.45. The number of halogens is 1. The summed E-state index contributed by atoms with van der Waals surface area (Å²) in [5.41, 5.74) is -0.668. The zero-order chi connectivity index (χ0) is 13.9. The van der Waals surface area contributed by atoms with Crippen molar-refractivity contribution in [3.8, 4) is 0 Å². The average molecular weight is 289 g/mol. The van der Waals surface area contributed by atoms with Crippen molar-refractivity contribution in [2.45, 2.75) is 16.9 Å². The Bertz CT molecular complexity index is 540. The molecule has 0 aromatic heterocycles. The normalized spacial score (nSPS) is 23.7. The quantitative estimate of drug-likeness (QED) is 0.875. The summed E-state index contributed by atoms with van der Waals surface area (Å²) in [4.78, 5) is -0.361. The lowest BCUT2D eigenvalue weighted by Gasteiger charge is -2.25. The Hall–Kier alpha value is -1.02. The van der Waals surface area contributed by atoms with Gasteiger partial charge in [-0.3, -0.25) is 0 Å².